The molecule has 1 aromatic heterocycles. The van der Waals surface area contributed by atoms with Gasteiger partial charge in [-0.3, -0.25) is 0 Å². The third kappa shape index (κ3) is 3.71. The van der Waals surface area contributed by atoms with Crippen molar-refractivity contribution in [1.82, 2.24) is 24.6 Å². The fraction of sp³-hybridized carbons (Fsp3) is 0.824. The molecule has 0 spiro atoms. The summed E-state index contributed by atoms with van der Waals surface area (Å²) in [5.41, 5.74) is 0. The molecule has 3 rings (SSSR count). The van der Waals surface area contributed by atoms with Crippen LogP contribution in [0.1, 0.15) is 57.7 Å². The van der Waals surface area contributed by atoms with Gasteiger partial charge >= 0.3 is 6.03 Å². The summed E-state index contributed by atoms with van der Waals surface area (Å²) in [6.45, 7) is 8.67. The van der Waals surface area contributed by atoms with E-state index in [0.717, 1.165) is 75.1 Å². The summed E-state index contributed by atoms with van der Waals surface area (Å²) in [5, 5.41) is 9.86. The number of amides is 2. The van der Waals surface area contributed by atoms with E-state index >= 15 is 0 Å². The number of carbonyl (C=O) groups is 1. The molecule has 0 bridgehead atoms. The molecule has 24 heavy (non-hydrogen) atoms. The number of likely N-dealkylation sites (tertiary alicyclic amines) is 2. The average molecular weight is 352 g/mol. The number of hydrogen-bond acceptors (Lipinski definition) is 4. The van der Waals surface area contributed by atoms with Crippen LogP contribution in [0.4, 0.5) is 4.79 Å². The largest absolute Gasteiger partial charge is 0.325 e. The van der Waals surface area contributed by atoms with E-state index in [1.165, 1.54) is 6.42 Å². The minimum Gasteiger partial charge on any atom is -0.325 e. The topological polar surface area (TPSA) is 54.3 Å². The van der Waals surface area contributed by atoms with Crippen molar-refractivity contribution in [3.8, 4) is 0 Å². The highest BCUT2D eigenvalue weighted by Gasteiger charge is 2.31. The molecule has 0 aliphatic carbocycles. The minimum absolute atomic E-state index is 0.227. The third-order valence-electron chi connectivity index (χ3n) is 5.02. The number of urea groups is 1. The van der Waals surface area contributed by atoms with Crippen molar-refractivity contribution < 1.29 is 4.79 Å². The van der Waals surface area contributed by atoms with Crippen LogP contribution < -0.4 is 0 Å². The van der Waals surface area contributed by atoms with Gasteiger partial charge in [0.25, 0.3) is 0 Å². The highest BCUT2D eigenvalue weighted by molar-refractivity contribution is 7.99. The molecule has 1 aromatic rings. The van der Waals surface area contributed by atoms with Crippen LogP contribution in [-0.4, -0.2) is 62.5 Å². The molecular formula is C17H29N5OS. The number of aromatic nitrogens is 3. The highest BCUT2D eigenvalue weighted by atomic mass is 32.2. The van der Waals surface area contributed by atoms with E-state index in [4.69, 9.17) is 0 Å². The molecule has 0 aromatic carbocycles. The zero-order chi connectivity index (χ0) is 16.9. The van der Waals surface area contributed by atoms with Crippen LogP contribution >= 0.6 is 11.8 Å². The molecule has 3 heterocycles. The Hall–Kier alpha value is -1.24. The first-order valence-electron chi connectivity index (χ1n) is 9.34. The lowest BCUT2D eigenvalue weighted by molar-refractivity contribution is 0.129. The van der Waals surface area contributed by atoms with Gasteiger partial charge in [0.1, 0.15) is 5.82 Å². The summed E-state index contributed by atoms with van der Waals surface area (Å²) in [5.74, 6) is 2.37. The number of carbonyl (C=O) groups excluding carboxylic acids is 1. The summed E-state index contributed by atoms with van der Waals surface area (Å²) in [6, 6.07) is 0.227. The Balaban J connectivity index is 1.70. The van der Waals surface area contributed by atoms with Crippen LogP contribution in [0.2, 0.25) is 0 Å². The summed E-state index contributed by atoms with van der Waals surface area (Å²) in [6.07, 6.45) is 5.69. The second kappa shape index (κ2) is 8.23. The molecule has 2 amide bonds. The molecule has 2 saturated heterocycles. The molecule has 0 N–H and O–H groups in total. The predicted molar refractivity (Wildman–Crippen MR) is 96.5 cm³/mol. The molecule has 2 fully saturated rings. The summed E-state index contributed by atoms with van der Waals surface area (Å²) in [4.78, 5) is 16.9. The lowest BCUT2D eigenvalue weighted by Gasteiger charge is -2.37. The predicted octanol–water partition coefficient (Wildman–Crippen LogP) is 3.20. The zero-order valence-electron chi connectivity index (χ0n) is 14.9. The molecule has 2 aliphatic rings. The monoisotopic (exact) mass is 351 g/mol. The van der Waals surface area contributed by atoms with E-state index in [9.17, 15) is 4.79 Å². The Labute approximate surface area is 149 Å². The van der Waals surface area contributed by atoms with Crippen LogP contribution in [0, 0.1) is 0 Å². The number of hydrogen-bond donors (Lipinski definition) is 0. The summed E-state index contributed by atoms with van der Waals surface area (Å²) in [7, 11) is 0. The Morgan fingerprint density at radius 1 is 1.08 bits per heavy atom. The number of piperidine rings is 2. The Morgan fingerprint density at radius 2 is 1.83 bits per heavy atom. The fourth-order valence-corrected chi connectivity index (χ4v) is 4.52. The van der Waals surface area contributed by atoms with Gasteiger partial charge in [0, 0.05) is 38.6 Å². The van der Waals surface area contributed by atoms with Crippen LogP contribution in [0.5, 0.6) is 0 Å². The van der Waals surface area contributed by atoms with Crippen molar-refractivity contribution in [2.24, 2.45) is 0 Å². The molecule has 0 radical (unpaired) electrons. The van der Waals surface area contributed by atoms with Crippen molar-refractivity contribution in [1.29, 1.82) is 0 Å². The van der Waals surface area contributed by atoms with E-state index < -0.39 is 0 Å². The molecular weight excluding hydrogens is 322 g/mol. The van der Waals surface area contributed by atoms with Gasteiger partial charge in [-0.25, -0.2) is 4.79 Å². The van der Waals surface area contributed by atoms with Crippen LogP contribution in [-0.2, 0) is 6.54 Å². The maximum atomic E-state index is 12.8. The van der Waals surface area contributed by atoms with Gasteiger partial charge in [0.05, 0.1) is 0 Å². The molecule has 0 unspecified atom stereocenters. The maximum Gasteiger partial charge on any atom is 0.320 e. The van der Waals surface area contributed by atoms with E-state index in [1.54, 1.807) is 11.8 Å². The van der Waals surface area contributed by atoms with Gasteiger partial charge < -0.3 is 14.4 Å². The molecule has 2 aliphatic heterocycles. The quantitative estimate of drug-likeness (QED) is 0.782. The van der Waals surface area contributed by atoms with Crippen LogP contribution in [0.15, 0.2) is 5.16 Å². The fourth-order valence-electron chi connectivity index (χ4n) is 3.78. The lowest BCUT2D eigenvalue weighted by Crippen LogP contribution is -2.48. The normalized spacial score (nSPS) is 22.0. The van der Waals surface area contributed by atoms with Crippen LogP contribution in [0.3, 0.4) is 0 Å². The molecule has 0 saturated carbocycles. The van der Waals surface area contributed by atoms with Gasteiger partial charge in [-0.2, -0.15) is 0 Å². The summed E-state index contributed by atoms with van der Waals surface area (Å²) < 4.78 is 2.23. The van der Waals surface area contributed by atoms with E-state index in [1.807, 2.05) is 9.80 Å². The molecule has 6 nitrogen and oxygen atoms in total. The Bertz CT molecular complexity index is 555. The van der Waals surface area contributed by atoms with Crippen molar-refractivity contribution in [2.75, 3.05) is 31.9 Å². The first-order valence-corrected chi connectivity index (χ1v) is 10.3. The van der Waals surface area contributed by atoms with E-state index in [2.05, 4.69) is 28.6 Å². The second-order valence-electron chi connectivity index (χ2n) is 6.63. The van der Waals surface area contributed by atoms with Gasteiger partial charge in [0.2, 0.25) is 0 Å². The third-order valence-corrected chi connectivity index (χ3v) is 5.87. The maximum absolute atomic E-state index is 12.8. The van der Waals surface area contributed by atoms with Gasteiger partial charge in [-0.1, -0.05) is 18.7 Å². The van der Waals surface area contributed by atoms with Gasteiger partial charge in [0.15, 0.2) is 5.16 Å². The standard InChI is InChI=1S/C17H29N5OS/c1-3-22-15(18-19-16(22)24-4-2)14-9-8-12-21(13-14)17(23)20-10-6-5-7-11-20/h14H,3-13H2,1-2H3/t14-/m1/s1. The Morgan fingerprint density at radius 3 is 2.54 bits per heavy atom. The highest BCUT2D eigenvalue weighted by Crippen LogP contribution is 2.29. The van der Waals surface area contributed by atoms with Crippen molar-refractivity contribution in [3.05, 3.63) is 5.82 Å². The van der Waals surface area contributed by atoms with Gasteiger partial charge in [-0.05, 0) is 44.8 Å². The molecule has 134 valence electrons. The number of thioether (sulfide) groups is 1. The van der Waals surface area contributed by atoms with Crippen molar-refractivity contribution >= 4 is 17.8 Å². The summed E-state index contributed by atoms with van der Waals surface area (Å²) >= 11 is 1.74. The second-order valence-corrected chi connectivity index (χ2v) is 7.86. The van der Waals surface area contributed by atoms with Crippen molar-refractivity contribution in [2.45, 2.75) is 63.6 Å². The average Bonchev–Trinajstić information content (AvgIpc) is 3.05. The Kier molecular flexibility index (Phi) is 6.03. The van der Waals surface area contributed by atoms with E-state index in [-0.39, 0.29) is 6.03 Å². The van der Waals surface area contributed by atoms with E-state index in [0.29, 0.717) is 5.92 Å². The first kappa shape index (κ1) is 17.6. The zero-order valence-corrected chi connectivity index (χ0v) is 15.7. The lowest BCUT2D eigenvalue weighted by atomic mass is 9.97. The minimum atomic E-state index is 0.227. The molecule has 7 heteroatoms. The SMILES string of the molecule is CCSc1nnc([C@@H]2CCCN(C(=O)N3CCCCC3)C2)n1CC. The molecule has 1 atom stereocenters. The number of rotatable bonds is 4. The van der Waals surface area contributed by atoms with Crippen molar-refractivity contribution in [3.63, 3.8) is 0 Å². The van der Waals surface area contributed by atoms with Crippen LogP contribution in [0.25, 0.3) is 0 Å². The smallest absolute Gasteiger partial charge is 0.320 e. The number of nitrogens with zero attached hydrogens (tertiary/aromatic N) is 5. The van der Waals surface area contributed by atoms with Gasteiger partial charge in [-0.15, -0.1) is 10.2 Å². The first-order chi connectivity index (χ1) is 11.7.